The fourth-order valence-corrected chi connectivity index (χ4v) is 8.98. The second-order valence-electron chi connectivity index (χ2n) is 14.3. The van der Waals surface area contributed by atoms with Gasteiger partial charge >= 0.3 is 0 Å². The van der Waals surface area contributed by atoms with E-state index in [1.807, 2.05) is 36.4 Å². The SMILES string of the molecule is c1ccc(-c2nc(-c3ccccc3)nc(-c3cc4c5ccccc5c5ccccc5c4cc3-c3cccc4c5cccc6c7ccccc7n(c34)c65)n2)cc1. The summed E-state index contributed by atoms with van der Waals surface area (Å²) >= 11 is 0. The first-order valence-corrected chi connectivity index (χ1v) is 18.7. The maximum Gasteiger partial charge on any atom is 0.164 e. The van der Waals surface area contributed by atoms with Crippen LogP contribution in [-0.4, -0.2) is 19.4 Å². The lowest BCUT2D eigenvalue weighted by Gasteiger charge is -2.17. The van der Waals surface area contributed by atoms with Crippen molar-refractivity contribution in [2.75, 3.05) is 0 Å². The average Bonchev–Trinajstić information content (AvgIpc) is 3.79. The zero-order valence-corrected chi connectivity index (χ0v) is 29.6. The summed E-state index contributed by atoms with van der Waals surface area (Å²) in [5.74, 6) is 1.92. The number of para-hydroxylation sites is 3. The van der Waals surface area contributed by atoms with Gasteiger partial charge in [0.15, 0.2) is 17.5 Å². The normalized spacial score (nSPS) is 12.0. The first-order valence-electron chi connectivity index (χ1n) is 18.7. The van der Waals surface area contributed by atoms with Gasteiger partial charge in [0.2, 0.25) is 0 Å². The Bertz CT molecular complexity index is 3420. The topological polar surface area (TPSA) is 43.1 Å². The van der Waals surface area contributed by atoms with Gasteiger partial charge in [-0.25, -0.2) is 15.0 Å². The minimum atomic E-state index is 0.637. The Morgan fingerprint density at radius 2 is 0.691 bits per heavy atom. The number of fused-ring (bicyclic) bond motifs is 12. The van der Waals surface area contributed by atoms with Crippen LogP contribution in [0.15, 0.2) is 182 Å². The molecule has 4 nitrogen and oxygen atoms in total. The highest BCUT2D eigenvalue weighted by atomic mass is 15.0. The molecular formula is C51H30N4. The lowest BCUT2D eigenvalue weighted by Crippen LogP contribution is -2.01. The van der Waals surface area contributed by atoms with Gasteiger partial charge in [0, 0.05) is 43.8 Å². The molecule has 9 aromatic carbocycles. The Hall–Kier alpha value is -7.43. The molecule has 0 amide bonds. The summed E-state index contributed by atoms with van der Waals surface area (Å²) in [6.07, 6.45) is 0. The molecule has 0 saturated carbocycles. The minimum Gasteiger partial charge on any atom is -0.307 e. The molecule has 0 aliphatic heterocycles. The van der Waals surface area contributed by atoms with Gasteiger partial charge in [-0.3, -0.25) is 0 Å². The van der Waals surface area contributed by atoms with Crippen LogP contribution in [0.25, 0.3) is 116 Å². The molecule has 0 fully saturated rings. The highest BCUT2D eigenvalue weighted by molar-refractivity contribution is 6.28. The highest BCUT2D eigenvalue weighted by Crippen LogP contribution is 2.46. The van der Waals surface area contributed by atoms with E-state index in [1.54, 1.807) is 0 Å². The molecule has 55 heavy (non-hydrogen) atoms. The lowest BCUT2D eigenvalue weighted by molar-refractivity contribution is 1.07. The van der Waals surface area contributed by atoms with Crippen LogP contribution in [0, 0.1) is 0 Å². The summed E-state index contributed by atoms with van der Waals surface area (Å²) in [6.45, 7) is 0. The minimum absolute atomic E-state index is 0.637. The van der Waals surface area contributed by atoms with Crippen molar-refractivity contribution in [3.8, 4) is 45.3 Å². The molecule has 12 rings (SSSR count). The van der Waals surface area contributed by atoms with Crippen molar-refractivity contribution in [3.63, 3.8) is 0 Å². The van der Waals surface area contributed by atoms with Gasteiger partial charge in [0.25, 0.3) is 0 Å². The van der Waals surface area contributed by atoms with E-state index >= 15 is 0 Å². The summed E-state index contributed by atoms with van der Waals surface area (Å²) in [5, 5.41) is 12.3. The summed E-state index contributed by atoms with van der Waals surface area (Å²) in [7, 11) is 0. The lowest BCUT2D eigenvalue weighted by atomic mass is 9.88. The van der Waals surface area contributed by atoms with Crippen LogP contribution in [0.1, 0.15) is 0 Å². The molecule has 0 radical (unpaired) electrons. The van der Waals surface area contributed by atoms with E-state index in [-0.39, 0.29) is 0 Å². The third-order valence-corrected chi connectivity index (χ3v) is 11.4. The molecule has 254 valence electrons. The van der Waals surface area contributed by atoms with Crippen LogP contribution >= 0.6 is 0 Å². The largest absolute Gasteiger partial charge is 0.307 e. The van der Waals surface area contributed by atoms with Crippen molar-refractivity contribution in [3.05, 3.63) is 182 Å². The maximum absolute atomic E-state index is 5.32. The van der Waals surface area contributed by atoms with Crippen molar-refractivity contribution < 1.29 is 0 Å². The zero-order valence-electron chi connectivity index (χ0n) is 29.6. The average molecular weight is 699 g/mol. The molecule has 3 aromatic heterocycles. The molecule has 0 bridgehead atoms. The Kier molecular flexibility index (Phi) is 6.31. The second-order valence-corrected chi connectivity index (χ2v) is 14.3. The Labute approximate surface area is 316 Å². The molecule has 3 heterocycles. The Balaban J connectivity index is 1.27. The van der Waals surface area contributed by atoms with Crippen molar-refractivity contribution in [2.24, 2.45) is 0 Å². The maximum atomic E-state index is 5.32. The molecule has 0 aliphatic rings. The van der Waals surface area contributed by atoms with Crippen LogP contribution in [0.5, 0.6) is 0 Å². The Morgan fingerprint density at radius 3 is 1.29 bits per heavy atom. The molecule has 0 unspecified atom stereocenters. The van der Waals surface area contributed by atoms with Gasteiger partial charge < -0.3 is 4.40 Å². The van der Waals surface area contributed by atoms with E-state index < -0.39 is 0 Å². The van der Waals surface area contributed by atoms with Crippen molar-refractivity contribution in [1.29, 1.82) is 0 Å². The van der Waals surface area contributed by atoms with E-state index in [0.717, 1.165) is 27.8 Å². The van der Waals surface area contributed by atoms with Crippen LogP contribution in [-0.2, 0) is 0 Å². The monoisotopic (exact) mass is 698 g/mol. The van der Waals surface area contributed by atoms with Crippen molar-refractivity contribution in [2.45, 2.75) is 0 Å². The Morgan fingerprint density at radius 1 is 0.273 bits per heavy atom. The molecule has 0 spiro atoms. The molecule has 12 aromatic rings. The molecular weight excluding hydrogens is 669 g/mol. The summed E-state index contributed by atoms with van der Waals surface area (Å²) in [5.41, 5.74) is 8.69. The van der Waals surface area contributed by atoms with E-state index in [4.69, 9.17) is 15.0 Å². The fourth-order valence-electron chi connectivity index (χ4n) is 8.98. The highest BCUT2D eigenvalue weighted by Gasteiger charge is 2.24. The quantitative estimate of drug-likeness (QED) is 0.172. The van der Waals surface area contributed by atoms with E-state index in [9.17, 15) is 0 Å². The van der Waals surface area contributed by atoms with Crippen LogP contribution < -0.4 is 0 Å². The van der Waals surface area contributed by atoms with E-state index in [0.29, 0.717) is 17.5 Å². The number of nitrogens with zero attached hydrogens (tertiary/aromatic N) is 4. The molecule has 0 atom stereocenters. The molecule has 4 heteroatoms. The third-order valence-electron chi connectivity index (χ3n) is 11.4. The predicted octanol–water partition coefficient (Wildman–Crippen LogP) is 13.1. The molecule has 0 saturated heterocycles. The zero-order chi connectivity index (χ0) is 36.0. The summed E-state index contributed by atoms with van der Waals surface area (Å²) in [6, 6.07) is 64.9. The van der Waals surface area contributed by atoms with Crippen LogP contribution in [0.2, 0.25) is 0 Å². The summed E-state index contributed by atoms with van der Waals surface area (Å²) in [4.78, 5) is 15.7. The summed E-state index contributed by atoms with van der Waals surface area (Å²) < 4.78 is 2.48. The van der Waals surface area contributed by atoms with Gasteiger partial charge in [-0.15, -0.1) is 0 Å². The molecule has 0 N–H and O–H groups in total. The van der Waals surface area contributed by atoms with Gasteiger partial charge in [0.1, 0.15) is 0 Å². The van der Waals surface area contributed by atoms with Crippen molar-refractivity contribution >= 4 is 70.4 Å². The number of benzene rings is 9. The molecule has 0 aliphatic carbocycles. The second kappa shape index (κ2) is 11.5. The van der Waals surface area contributed by atoms with Gasteiger partial charge in [0.05, 0.1) is 16.6 Å². The fraction of sp³-hybridized carbons (Fsp3) is 0. The van der Waals surface area contributed by atoms with Crippen LogP contribution in [0.4, 0.5) is 0 Å². The van der Waals surface area contributed by atoms with E-state index in [2.05, 4.69) is 150 Å². The number of hydrogen-bond acceptors (Lipinski definition) is 3. The van der Waals surface area contributed by atoms with Gasteiger partial charge in [-0.2, -0.15) is 0 Å². The standard InChI is InChI=1S/C51H30N4/c1-3-15-31(16-4-1)49-52-50(32-17-5-2-6-18-32)54-51(53-49)45-30-43-36-22-10-8-20-34(36)33-19-7-9-21-35(33)42(43)29-44(45)41-27-14-26-40-39-25-13-24-38-37-23-11-12-28-46(37)55(47(38)39)48(40)41/h1-30H. The predicted molar refractivity (Wildman–Crippen MR) is 229 cm³/mol. The number of rotatable bonds is 4. The third kappa shape index (κ3) is 4.37. The number of hydrogen-bond donors (Lipinski definition) is 0. The number of aromatic nitrogens is 4. The van der Waals surface area contributed by atoms with Gasteiger partial charge in [-0.1, -0.05) is 164 Å². The van der Waals surface area contributed by atoms with Crippen molar-refractivity contribution in [1.82, 2.24) is 19.4 Å². The van der Waals surface area contributed by atoms with E-state index in [1.165, 1.54) is 70.4 Å². The first-order chi connectivity index (χ1) is 27.3. The van der Waals surface area contributed by atoms with Crippen LogP contribution in [0.3, 0.4) is 0 Å². The first kappa shape index (κ1) is 30.1. The smallest absolute Gasteiger partial charge is 0.164 e. The van der Waals surface area contributed by atoms with Gasteiger partial charge in [-0.05, 0) is 56.1 Å².